The number of ether oxygens (including phenoxy) is 1. The van der Waals surface area contributed by atoms with E-state index in [2.05, 4.69) is 5.48 Å². The molecule has 1 aromatic rings. The van der Waals surface area contributed by atoms with Gasteiger partial charge in [-0.1, -0.05) is 13.0 Å². The van der Waals surface area contributed by atoms with Gasteiger partial charge in [-0.25, -0.2) is 5.48 Å². The second kappa shape index (κ2) is 5.62. The van der Waals surface area contributed by atoms with E-state index >= 15 is 0 Å². The molecule has 0 atom stereocenters. The minimum Gasteiger partial charge on any atom is -0.497 e. The molecule has 14 heavy (non-hydrogen) atoms. The van der Waals surface area contributed by atoms with Crippen molar-refractivity contribution >= 4 is 0 Å². The smallest absolute Gasteiger partial charge is 0.119 e. The van der Waals surface area contributed by atoms with Gasteiger partial charge in [0, 0.05) is 6.54 Å². The van der Waals surface area contributed by atoms with Gasteiger partial charge in [-0.3, -0.25) is 4.84 Å². The van der Waals surface area contributed by atoms with Crippen LogP contribution in [-0.2, 0) is 11.4 Å². The number of rotatable bonds is 5. The first-order valence-electron chi connectivity index (χ1n) is 4.76. The molecule has 1 rings (SSSR count). The van der Waals surface area contributed by atoms with Crippen molar-refractivity contribution < 1.29 is 9.57 Å². The number of aryl methyl sites for hydroxylation is 1. The van der Waals surface area contributed by atoms with Crippen molar-refractivity contribution in [2.45, 2.75) is 20.5 Å². The van der Waals surface area contributed by atoms with Gasteiger partial charge >= 0.3 is 0 Å². The quantitative estimate of drug-likeness (QED) is 0.576. The Balaban J connectivity index is 2.59. The highest BCUT2D eigenvalue weighted by Crippen LogP contribution is 2.17. The van der Waals surface area contributed by atoms with E-state index in [4.69, 9.17) is 9.57 Å². The van der Waals surface area contributed by atoms with Crippen LogP contribution in [-0.4, -0.2) is 13.7 Å². The monoisotopic (exact) mass is 195 g/mol. The number of hydrogen-bond acceptors (Lipinski definition) is 3. The highest BCUT2D eigenvalue weighted by Gasteiger charge is 1.99. The van der Waals surface area contributed by atoms with E-state index in [0.717, 1.165) is 12.3 Å². The Labute approximate surface area is 85.0 Å². The summed E-state index contributed by atoms with van der Waals surface area (Å²) in [6, 6.07) is 5.97. The van der Waals surface area contributed by atoms with Gasteiger partial charge in [0.1, 0.15) is 5.75 Å². The van der Waals surface area contributed by atoms with E-state index in [1.54, 1.807) is 7.11 Å². The number of hydroxylamine groups is 1. The molecule has 0 aromatic heterocycles. The van der Waals surface area contributed by atoms with E-state index < -0.39 is 0 Å². The molecule has 0 bridgehead atoms. The molecule has 0 aliphatic rings. The van der Waals surface area contributed by atoms with E-state index in [-0.39, 0.29) is 0 Å². The molecular weight excluding hydrogens is 178 g/mol. The predicted molar refractivity (Wildman–Crippen MR) is 56.2 cm³/mol. The highest BCUT2D eigenvalue weighted by molar-refractivity contribution is 5.34. The first-order chi connectivity index (χ1) is 6.77. The lowest BCUT2D eigenvalue weighted by Gasteiger charge is -2.08. The Morgan fingerprint density at radius 3 is 2.71 bits per heavy atom. The number of methoxy groups -OCH3 is 1. The Kier molecular flexibility index (Phi) is 4.43. The summed E-state index contributed by atoms with van der Waals surface area (Å²) in [5.74, 6) is 0.884. The summed E-state index contributed by atoms with van der Waals surface area (Å²) in [5, 5.41) is 0. The van der Waals surface area contributed by atoms with Crippen LogP contribution in [0.4, 0.5) is 0 Å². The topological polar surface area (TPSA) is 30.5 Å². The molecule has 0 unspecified atom stereocenters. The van der Waals surface area contributed by atoms with Crippen LogP contribution in [0, 0.1) is 6.92 Å². The Morgan fingerprint density at radius 1 is 1.36 bits per heavy atom. The molecule has 0 fully saturated rings. The molecule has 0 saturated heterocycles. The largest absolute Gasteiger partial charge is 0.497 e. The average molecular weight is 195 g/mol. The molecule has 1 aromatic carbocycles. The van der Waals surface area contributed by atoms with Crippen molar-refractivity contribution in [3.63, 3.8) is 0 Å². The van der Waals surface area contributed by atoms with Crippen molar-refractivity contribution in [1.29, 1.82) is 0 Å². The third-order valence-electron chi connectivity index (χ3n) is 2.02. The molecule has 3 heteroatoms. The third-order valence-corrected chi connectivity index (χ3v) is 2.02. The van der Waals surface area contributed by atoms with Gasteiger partial charge in [-0.05, 0) is 30.2 Å². The Morgan fingerprint density at radius 2 is 2.14 bits per heavy atom. The summed E-state index contributed by atoms with van der Waals surface area (Å²) in [4.78, 5) is 5.23. The van der Waals surface area contributed by atoms with Crippen LogP contribution >= 0.6 is 0 Å². The molecule has 78 valence electrons. The van der Waals surface area contributed by atoms with Crippen molar-refractivity contribution in [3.8, 4) is 5.75 Å². The van der Waals surface area contributed by atoms with Crippen molar-refractivity contribution in [2.24, 2.45) is 0 Å². The number of hydrogen-bond donors (Lipinski definition) is 1. The maximum Gasteiger partial charge on any atom is 0.119 e. The van der Waals surface area contributed by atoms with Crippen LogP contribution in [0.15, 0.2) is 18.2 Å². The standard InChI is InChI=1S/C11H17NO2/c1-4-12-14-8-10-5-6-11(13-3)7-9(10)2/h5-7,12H,4,8H2,1-3H3. The molecule has 0 saturated carbocycles. The lowest BCUT2D eigenvalue weighted by atomic mass is 10.1. The molecule has 0 amide bonds. The zero-order valence-electron chi connectivity index (χ0n) is 8.96. The zero-order valence-corrected chi connectivity index (χ0v) is 8.96. The molecule has 0 aliphatic heterocycles. The highest BCUT2D eigenvalue weighted by atomic mass is 16.6. The Bertz CT molecular complexity index is 287. The SMILES string of the molecule is CCNOCc1ccc(OC)cc1C. The molecule has 3 nitrogen and oxygen atoms in total. The van der Waals surface area contributed by atoms with Crippen molar-refractivity contribution in [2.75, 3.05) is 13.7 Å². The maximum absolute atomic E-state index is 5.23. The lowest BCUT2D eigenvalue weighted by molar-refractivity contribution is 0.0311. The number of benzene rings is 1. The van der Waals surface area contributed by atoms with Gasteiger partial charge in [0.15, 0.2) is 0 Å². The minimum atomic E-state index is 0.587. The predicted octanol–water partition coefficient (Wildman–Crippen LogP) is 2.04. The molecule has 0 radical (unpaired) electrons. The second-order valence-electron chi connectivity index (χ2n) is 3.08. The minimum absolute atomic E-state index is 0.587. The summed E-state index contributed by atoms with van der Waals surface area (Å²) in [7, 11) is 1.67. The lowest BCUT2D eigenvalue weighted by Crippen LogP contribution is -2.13. The fourth-order valence-corrected chi connectivity index (χ4v) is 1.19. The second-order valence-corrected chi connectivity index (χ2v) is 3.08. The van der Waals surface area contributed by atoms with Gasteiger partial charge < -0.3 is 4.74 Å². The summed E-state index contributed by atoms with van der Waals surface area (Å²) in [6.45, 7) is 5.45. The van der Waals surface area contributed by atoms with Crippen LogP contribution in [0.3, 0.4) is 0 Å². The molecule has 1 N–H and O–H groups in total. The van der Waals surface area contributed by atoms with Crippen LogP contribution in [0.1, 0.15) is 18.1 Å². The van der Waals surface area contributed by atoms with E-state index in [0.29, 0.717) is 6.61 Å². The average Bonchev–Trinajstić information content (AvgIpc) is 2.20. The summed E-state index contributed by atoms with van der Waals surface area (Å²) < 4.78 is 5.12. The van der Waals surface area contributed by atoms with E-state index in [9.17, 15) is 0 Å². The van der Waals surface area contributed by atoms with Gasteiger partial charge in [0.25, 0.3) is 0 Å². The van der Waals surface area contributed by atoms with Crippen molar-refractivity contribution in [1.82, 2.24) is 5.48 Å². The molecule has 0 spiro atoms. The fraction of sp³-hybridized carbons (Fsp3) is 0.455. The maximum atomic E-state index is 5.23. The summed E-state index contributed by atoms with van der Waals surface area (Å²) in [6.07, 6.45) is 0. The third kappa shape index (κ3) is 3.01. The van der Waals surface area contributed by atoms with E-state index in [1.807, 2.05) is 32.0 Å². The van der Waals surface area contributed by atoms with Gasteiger partial charge in [-0.2, -0.15) is 0 Å². The summed E-state index contributed by atoms with van der Waals surface area (Å²) in [5.41, 5.74) is 5.18. The first-order valence-corrected chi connectivity index (χ1v) is 4.76. The first kappa shape index (κ1) is 11.0. The molecule has 0 heterocycles. The van der Waals surface area contributed by atoms with Crippen LogP contribution in [0.25, 0.3) is 0 Å². The van der Waals surface area contributed by atoms with Gasteiger partial charge in [0.2, 0.25) is 0 Å². The van der Waals surface area contributed by atoms with E-state index in [1.165, 1.54) is 11.1 Å². The van der Waals surface area contributed by atoms with Crippen LogP contribution < -0.4 is 10.2 Å². The zero-order chi connectivity index (χ0) is 10.4. The van der Waals surface area contributed by atoms with Gasteiger partial charge in [-0.15, -0.1) is 0 Å². The van der Waals surface area contributed by atoms with Crippen LogP contribution in [0.5, 0.6) is 5.75 Å². The Hall–Kier alpha value is -1.06. The fourth-order valence-electron chi connectivity index (χ4n) is 1.19. The van der Waals surface area contributed by atoms with Gasteiger partial charge in [0.05, 0.1) is 13.7 Å². The molecular formula is C11H17NO2. The van der Waals surface area contributed by atoms with Crippen LogP contribution in [0.2, 0.25) is 0 Å². The normalized spacial score (nSPS) is 10.2. The summed E-state index contributed by atoms with van der Waals surface area (Å²) >= 11 is 0. The number of nitrogens with one attached hydrogen (secondary N) is 1. The van der Waals surface area contributed by atoms with Crippen molar-refractivity contribution in [3.05, 3.63) is 29.3 Å². The molecule has 0 aliphatic carbocycles.